The zero-order chi connectivity index (χ0) is 13.5. The Morgan fingerprint density at radius 2 is 2.17 bits per heavy atom. The smallest absolute Gasteiger partial charge is 0.303 e. The number of benzene rings is 1. The third kappa shape index (κ3) is 4.40. The first kappa shape index (κ1) is 14.0. The number of aryl methyl sites for hydroxylation is 1. The van der Waals surface area contributed by atoms with Gasteiger partial charge in [0.2, 0.25) is 0 Å². The quantitative estimate of drug-likeness (QED) is 0.442. The van der Waals surface area contributed by atoms with E-state index in [1.54, 1.807) is 19.1 Å². The van der Waals surface area contributed by atoms with Gasteiger partial charge in [0.25, 0.3) is 5.69 Å². The zero-order valence-electron chi connectivity index (χ0n) is 10.2. The second-order valence-corrected chi connectivity index (χ2v) is 4.04. The topological polar surface area (TPSA) is 92.5 Å². The van der Waals surface area contributed by atoms with Gasteiger partial charge in [0, 0.05) is 30.3 Å². The molecule has 0 bridgehead atoms. The minimum Gasteiger partial charge on any atom is -0.481 e. The molecule has 0 amide bonds. The van der Waals surface area contributed by atoms with Crippen molar-refractivity contribution in [2.75, 3.05) is 11.9 Å². The lowest BCUT2D eigenvalue weighted by atomic mass is 10.1. The van der Waals surface area contributed by atoms with E-state index in [9.17, 15) is 14.9 Å². The number of nitrogens with one attached hydrogen (secondary N) is 1. The maximum absolute atomic E-state index is 10.6. The molecule has 1 aromatic rings. The molecule has 0 aliphatic heterocycles. The molecule has 0 heterocycles. The largest absolute Gasteiger partial charge is 0.481 e. The molecule has 0 saturated heterocycles. The van der Waals surface area contributed by atoms with Crippen molar-refractivity contribution in [1.82, 2.24) is 0 Å². The highest BCUT2D eigenvalue weighted by atomic mass is 16.6. The van der Waals surface area contributed by atoms with Crippen LogP contribution in [0.15, 0.2) is 18.2 Å². The number of hydrogen-bond donors (Lipinski definition) is 2. The van der Waals surface area contributed by atoms with Crippen LogP contribution in [-0.4, -0.2) is 22.5 Å². The van der Waals surface area contributed by atoms with Crippen molar-refractivity contribution in [2.45, 2.75) is 26.2 Å². The third-order valence-corrected chi connectivity index (χ3v) is 2.54. The van der Waals surface area contributed by atoms with E-state index in [0.717, 1.165) is 12.1 Å². The number of nitro benzene ring substituents is 1. The van der Waals surface area contributed by atoms with E-state index >= 15 is 0 Å². The Hall–Kier alpha value is -2.11. The Morgan fingerprint density at radius 1 is 1.44 bits per heavy atom. The number of nitrogens with zero attached hydrogens (tertiary/aromatic N) is 1. The first-order valence-corrected chi connectivity index (χ1v) is 5.71. The lowest BCUT2D eigenvalue weighted by Gasteiger charge is -2.06. The van der Waals surface area contributed by atoms with Crippen molar-refractivity contribution in [2.24, 2.45) is 0 Å². The lowest BCUT2D eigenvalue weighted by molar-refractivity contribution is -0.385. The average molecular weight is 252 g/mol. The highest BCUT2D eigenvalue weighted by molar-refractivity contribution is 5.66. The summed E-state index contributed by atoms with van der Waals surface area (Å²) >= 11 is 0. The number of rotatable bonds is 7. The maximum Gasteiger partial charge on any atom is 0.303 e. The van der Waals surface area contributed by atoms with Gasteiger partial charge in [-0.15, -0.1) is 0 Å². The van der Waals surface area contributed by atoms with Gasteiger partial charge in [-0.1, -0.05) is 0 Å². The molecule has 0 aliphatic rings. The van der Waals surface area contributed by atoms with Gasteiger partial charge in [0.15, 0.2) is 0 Å². The van der Waals surface area contributed by atoms with Crippen molar-refractivity contribution in [3.8, 4) is 0 Å². The number of anilines is 1. The Bertz CT molecular complexity index is 446. The number of carboxylic acids is 1. The van der Waals surface area contributed by atoms with E-state index in [1.165, 1.54) is 6.07 Å². The molecule has 2 N–H and O–H groups in total. The predicted octanol–water partition coefficient (Wildman–Crippen LogP) is 2.57. The highest BCUT2D eigenvalue weighted by Gasteiger charge is 2.09. The monoisotopic (exact) mass is 252 g/mol. The number of carbonyl (C=O) groups is 1. The molecular formula is C12H16N2O4. The molecule has 6 heteroatoms. The summed E-state index contributed by atoms with van der Waals surface area (Å²) in [4.78, 5) is 20.5. The van der Waals surface area contributed by atoms with Crippen molar-refractivity contribution in [3.63, 3.8) is 0 Å². The average Bonchev–Trinajstić information content (AvgIpc) is 2.27. The highest BCUT2D eigenvalue weighted by Crippen LogP contribution is 2.21. The van der Waals surface area contributed by atoms with Crippen LogP contribution in [-0.2, 0) is 4.79 Å². The Morgan fingerprint density at radius 3 is 2.72 bits per heavy atom. The molecule has 6 nitrogen and oxygen atoms in total. The number of nitro groups is 1. The van der Waals surface area contributed by atoms with E-state index in [-0.39, 0.29) is 12.1 Å². The van der Waals surface area contributed by atoms with Gasteiger partial charge in [-0.05, 0) is 31.9 Å². The normalized spacial score (nSPS) is 10.1. The second kappa shape index (κ2) is 6.58. The first-order valence-electron chi connectivity index (χ1n) is 5.71. The van der Waals surface area contributed by atoms with Crippen LogP contribution >= 0.6 is 0 Å². The summed E-state index contributed by atoms with van der Waals surface area (Å²) < 4.78 is 0. The lowest BCUT2D eigenvalue weighted by Crippen LogP contribution is -2.03. The molecular weight excluding hydrogens is 236 g/mol. The Balaban J connectivity index is 2.42. The van der Waals surface area contributed by atoms with Gasteiger partial charge in [0.1, 0.15) is 0 Å². The molecule has 18 heavy (non-hydrogen) atoms. The van der Waals surface area contributed by atoms with Crippen molar-refractivity contribution < 1.29 is 14.8 Å². The van der Waals surface area contributed by atoms with Gasteiger partial charge in [-0.2, -0.15) is 0 Å². The van der Waals surface area contributed by atoms with Crippen LogP contribution < -0.4 is 5.32 Å². The predicted molar refractivity (Wildman–Crippen MR) is 67.8 cm³/mol. The van der Waals surface area contributed by atoms with Gasteiger partial charge in [-0.25, -0.2) is 0 Å². The number of hydrogen-bond acceptors (Lipinski definition) is 4. The van der Waals surface area contributed by atoms with Crippen molar-refractivity contribution >= 4 is 17.3 Å². The maximum atomic E-state index is 10.6. The zero-order valence-corrected chi connectivity index (χ0v) is 10.2. The molecule has 0 saturated carbocycles. The van der Waals surface area contributed by atoms with Crippen LogP contribution in [0, 0.1) is 17.0 Å². The molecule has 0 fully saturated rings. The SMILES string of the molecule is Cc1cc(NCCCCC(=O)O)ccc1[N+](=O)[O-]. The fourth-order valence-electron chi connectivity index (χ4n) is 1.60. The molecule has 1 rings (SSSR count). The summed E-state index contributed by atoms with van der Waals surface area (Å²) in [5.74, 6) is -0.791. The number of carboxylic acid groups (broad SMARTS) is 1. The number of aliphatic carboxylic acids is 1. The van der Waals surface area contributed by atoms with E-state index < -0.39 is 10.9 Å². The summed E-state index contributed by atoms with van der Waals surface area (Å²) in [7, 11) is 0. The van der Waals surface area contributed by atoms with Crippen LogP contribution in [0.4, 0.5) is 11.4 Å². The summed E-state index contributed by atoms with van der Waals surface area (Å²) in [6.07, 6.45) is 1.54. The Labute approximate surface area is 105 Å². The van der Waals surface area contributed by atoms with Crippen molar-refractivity contribution in [3.05, 3.63) is 33.9 Å². The first-order chi connectivity index (χ1) is 8.50. The summed E-state index contributed by atoms with van der Waals surface area (Å²) in [6, 6.07) is 4.84. The standard InChI is InChI=1S/C12H16N2O4/c1-9-8-10(5-6-11(9)14(17)18)13-7-3-2-4-12(15)16/h5-6,8,13H,2-4,7H2,1H3,(H,15,16). The van der Waals surface area contributed by atoms with Crippen LogP contribution in [0.3, 0.4) is 0 Å². The molecule has 0 aliphatic carbocycles. The minimum absolute atomic E-state index is 0.103. The van der Waals surface area contributed by atoms with E-state index in [2.05, 4.69) is 5.32 Å². The minimum atomic E-state index is -0.791. The van der Waals surface area contributed by atoms with Crippen LogP contribution in [0.5, 0.6) is 0 Å². The fraction of sp³-hybridized carbons (Fsp3) is 0.417. The Kier molecular flexibility index (Phi) is 5.10. The molecule has 0 atom stereocenters. The van der Waals surface area contributed by atoms with Crippen LogP contribution in [0.25, 0.3) is 0 Å². The van der Waals surface area contributed by atoms with E-state index in [4.69, 9.17) is 5.11 Å². The number of unbranched alkanes of at least 4 members (excludes halogenated alkanes) is 1. The summed E-state index contributed by atoms with van der Waals surface area (Å²) in [5, 5.41) is 22.2. The molecule has 98 valence electrons. The van der Waals surface area contributed by atoms with Gasteiger partial charge < -0.3 is 10.4 Å². The van der Waals surface area contributed by atoms with Gasteiger partial charge >= 0.3 is 5.97 Å². The van der Waals surface area contributed by atoms with E-state index in [1.807, 2.05) is 0 Å². The summed E-state index contributed by atoms with van der Waals surface area (Å²) in [6.45, 7) is 2.35. The van der Waals surface area contributed by atoms with Gasteiger partial charge in [-0.3, -0.25) is 14.9 Å². The molecule has 0 aromatic heterocycles. The van der Waals surface area contributed by atoms with Crippen LogP contribution in [0.2, 0.25) is 0 Å². The third-order valence-electron chi connectivity index (χ3n) is 2.54. The molecule has 0 spiro atoms. The molecule has 0 unspecified atom stereocenters. The summed E-state index contributed by atoms with van der Waals surface area (Å²) in [5.41, 5.74) is 1.52. The molecule has 1 aromatic carbocycles. The van der Waals surface area contributed by atoms with Crippen molar-refractivity contribution in [1.29, 1.82) is 0 Å². The molecule has 0 radical (unpaired) electrons. The fourth-order valence-corrected chi connectivity index (χ4v) is 1.60. The van der Waals surface area contributed by atoms with Gasteiger partial charge in [0.05, 0.1) is 4.92 Å². The van der Waals surface area contributed by atoms with Crippen LogP contribution in [0.1, 0.15) is 24.8 Å². The second-order valence-electron chi connectivity index (χ2n) is 4.04. The van der Waals surface area contributed by atoms with E-state index in [0.29, 0.717) is 18.5 Å².